The summed E-state index contributed by atoms with van der Waals surface area (Å²) >= 11 is 0. The number of hydrogen-bond acceptors (Lipinski definition) is 3. The summed E-state index contributed by atoms with van der Waals surface area (Å²) in [7, 11) is 0. The minimum Gasteiger partial charge on any atom is -0.384 e. The van der Waals surface area contributed by atoms with Crippen molar-refractivity contribution < 1.29 is 0 Å². The first-order chi connectivity index (χ1) is 6.22. The van der Waals surface area contributed by atoms with Crippen molar-refractivity contribution in [1.29, 1.82) is 5.26 Å². The number of pyridine rings is 1. The minimum atomic E-state index is 0.454. The lowest BCUT2D eigenvalue weighted by Gasteiger charge is -2.07. The van der Waals surface area contributed by atoms with Gasteiger partial charge < -0.3 is 5.32 Å². The van der Waals surface area contributed by atoms with Crippen molar-refractivity contribution in [3.63, 3.8) is 0 Å². The van der Waals surface area contributed by atoms with E-state index in [1.807, 2.05) is 12.1 Å². The molecule has 0 amide bonds. The summed E-state index contributed by atoms with van der Waals surface area (Å²) in [6, 6.07) is 5.56. The maximum absolute atomic E-state index is 8.51. The molecule has 0 saturated carbocycles. The van der Waals surface area contributed by atoms with Crippen molar-refractivity contribution in [2.75, 3.05) is 11.9 Å². The summed E-state index contributed by atoms with van der Waals surface area (Å²) in [6.45, 7) is 5.21. The van der Waals surface area contributed by atoms with Gasteiger partial charge in [-0.3, -0.25) is 0 Å². The Hall–Kier alpha value is -1.56. The van der Waals surface area contributed by atoms with Crippen LogP contribution in [0.3, 0.4) is 0 Å². The van der Waals surface area contributed by atoms with Crippen LogP contribution in [-0.2, 0) is 0 Å². The van der Waals surface area contributed by atoms with Gasteiger partial charge in [-0.1, -0.05) is 13.8 Å². The molecule has 0 aromatic carbocycles. The molecule has 0 aliphatic heterocycles. The fraction of sp³-hybridized carbons (Fsp3) is 0.400. The number of aromatic nitrogens is 1. The molecule has 68 valence electrons. The van der Waals surface area contributed by atoms with Crippen LogP contribution in [0.1, 0.15) is 19.5 Å². The predicted octanol–water partition coefficient (Wildman–Crippen LogP) is 2.02. The van der Waals surface area contributed by atoms with Gasteiger partial charge in [-0.05, 0) is 18.1 Å². The molecule has 0 bridgehead atoms. The maximum Gasteiger partial charge on any atom is 0.140 e. The van der Waals surface area contributed by atoms with E-state index in [0.717, 1.165) is 12.2 Å². The summed E-state index contributed by atoms with van der Waals surface area (Å²) in [4.78, 5) is 3.95. The number of nitriles is 1. The monoisotopic (exact) mass is 175 g/mol. The summed E-state index contributed by atoms with van der Waals surface area (Å²) in [5, 5.41) is 11.7. The molecule has 0 aliphatic carbocycles. The van der Waals surface area contributed by atoms with Crippen LogP contribution in [0, 0.1) is 17.2 Å². The van der Waals surface area contributed by atoms with E-state index in [0.29, 0.717) is 11.6 Å². The van der Waals surface area contributed by atoms with E-state index < -0.39 is 0 Å². The van der Waals surface area contributed by atoms with Crippen LogP contribution in [0.4, 0.5) is 5.69 Å². The third-order valence-corrected chi connectivity index (χ3v) is 1.59. The SMILES string of the molecule is CC(C)CNc1ccc(C#N)nc1. The van der Waals surface area contributed by atoms with Gasteiger partial charge in [-0.2, -0.15) is 5.26 Å². The highest BCUT2D eigenvalue weighted by Crippen LogP contribution is 2.06. The zero-order chi connectivity index (χ0) is 9.68. The van der Waals surface area contributed by atoms with Crippen molar-refractivity contribution in [3.05, 3.63) is 24.0 Å². The van der Waals surface area contributed by atoms with Gasteiger partial charge >= 0.3 is 0 Å². The number of anilines is 1. The average Bonchev–Trinajstić information content (AvgIpc) is 2.15. The molecule has 0 saturated heterocycles. The smallest absolute Gasteiger partial charge is 0.140 e. The highest BCUT2D eigenvalue weighted by atomic mass is 14.9. The van der Waals surface area contributed by atoms with Crippen LogP contribution in [0.2, 0.25) is 0 Å². The quantitative estimate of drug-likeness (QED) is 0.764. The molecule has 1 aromatic heterocycles. The third kappa shape index (κ3) is 3.12. The number of nitrogens with zero attached hydrogens (tertiary/aromatic N) is 2. The molecule has 3 nitrogen and oxygen atoms in total. The molecule has 0 spiro atoms. The molecular weight excluding hydrogens is 162 g/mol. The predicted molar refractivity (Wildman–Crippen MR) is 52.3 cm³/mol. The van der Waals surface area contributed by atoms with E-state index in [1.54, 1.807) is 12.3 Å². The molecule has 0 atom stereocenters. The molecule has 0 fully saturated rings. The minimum absolute atomic E-state index is 0.454. The largest absolute Gasteiger partial charge is 0.384 e. The van der Waals surface area contributed by atoms with Crippen LogP contribution < -0.4 is 5.32 Å². The Kier molecular flexibility index (Phi) is 3.27. The average molecular weight is 175 g/mol. The molecule has 0 radical (unpaired) electrons. The summed E-state index contributed by atoms with van der Waals surface area (Å²) < 4.78 is 0. The van der Waals surface area contributed by atoms with E-state index >= 15 is 0 Å². The van der Waals surface area contributed by atoms with Crippen LogP contribution >= 0.6 is 0 Å². The Morgan fingerprint density at radius 3 is 2.77 bits per heavy atom. The second-order valence-corrected chi connectivity index (χ2v) is 3.32. The zero-order valence-electron chi connectivity index (χ0n) is 7.91. The van der Waals surface area contributed by atoms with Crippen molar-refractivity contribution >= 4 is 5.69 Å². The van der Waals surface area contributed by atoms with Crippen LogP contribution in [0.5, 0.6) is 0 Å². The first-order valence-electron chi connectivity index (χ1n) is 4.32. The van der Waals surface area contributed by atoms with Crippen LogP contribution in [-0.4, -0.2) is 11.5 Å². The van der Waals surface area contributed by atoms with Crippen LogP contribution in [0.15, 0.2) is 18.3 Å². The topological polar surface area (TPSA) is 48.7 Å². The molecule has 3 heteroatoms. The van der Waals surface area contributed by atoms with Gasteiger partial charge in [0.1, 0.15) is 11.8 Å². The lowest BCUT2D eigenvalue weighted by Crippen LogP contribution is -2.07. The highest BCUT2D eigenvalue weighted by molar-refractivity contribution is 5.42. The van der Waals surface area contributed by atoms with Gasteiger partial charge in [-0.25, -0.2) is 4.98 Å². The second kappa shape index (κ2) is 4.46. The van der Waals surface area contributed by atoms with Crippen molar-refractivity contribution in [3.8, 4) is 6.07 Å². The summed E-state index contributed by atoms with van der Waals surface area (Å²) in [6.07, 6.45) is 1.68. The molecule has 1 N–H and O–H groups in total. The van der Waals surface area contributed by atoms with Gasteiger partial charge in [0.2, 0.25) is 0 Å². The molecule has 1 aromatic rings. The van der Waals surface area contributed by atoms with Gasteiger partial charge in [0.05, 0.1) is 11.9 Å². The Bertz CT molecular complexity index is 295. The molecule has 13 heavy (non-hydrogen) atoms. The molecular formula is C10H13N3. The van der Waals surface area contributed by atoms with Crippen molar-refractivity contribution in [1.82, 2.24) is 4.98 Å². The van der Waals surface area contributed by atoms with E-state index in [9.17, 15) is 0 Å². The van der Waals surface area contributed by atoms with Gasteiger partial charge in [-0.15, -0.1) is 0 Å². The molecule has 0 unspecified atom stereocenters. The maximum atomic E-state index is 8.51. The first kappa shape index (κ1) is 9.53. The van der Waals surface area contributed by atoms with E-state index in [2.05, 4.69) is 24.1 Å². The zero-order valence-corrected chi connectivity index (χ0v) is 7.91. The molecule has 1 rings (SSSR count). The lowest BCUT2D eigenvalue weighted by atomic mass is 10.2. The van der Waals surface area contributed by atoms with Gasteiger partial charge in [0.25, 0.3) is 0 Å². The van der Waals surface area contributed by atoms with Crippen LogP contribution in [0.25, 0.3) is 0 Å². The first-order valence-corrected chi connectivity index (χ1v) is 4.32. The third-order valence-electron chi connectivity index (χ3n) is 1.59. The lowest BCUT2D eigenvalue weighted by molar-refractivity contribution is 0.688. The number of rotatable bonds is 3. The standard InChI is InChI=1S/C10H13N3/c1-8(2)6-12-10-4-3-9(5-11)13-7-10/h3-4,7-8,12H,6H2,1-2H3. The number of nitrogens with one attached hydrogen (secondary N) is 1. The van der Waals surface area contributed by atoms with E-state index in [1.165, 1.54) is 0 Å². The highest BCUT2D eigenvalue weighted by Gasteiger charge is 1.95. The Morgan fingerprint density at radius 2 is 2.31 bits per heavy atom. The Labute approximate surface area is 78.4 Å². The van der Waals surface area contributed by atoms with Crippen molar-refractivity contribution in [2.45, 2.75) is 13.8 Å². The molecule has 0 aliphatic rings. The fourth-order valence-electron chi connectivity index (χ4n) is 0.887. The Balaban J connectivity index is 2.55. The second-order valence-electron chi connectivity index (χ2n) is 3.32. The van der Waals surface area contributed by atoms with Gasteiger partial charge in [0, 0.05) is 6.54 Å². The Morgan fingerprint density at radius 1 is 1.54 bits per heavy atom. The van der Waals surface area contributed by atoms with E-state index in [4.69, 9.17) is 5.26 Å². The number of hydrogen-bond donors (Lipinski definition) is 1. The van der Waals surface area contributed by atoms with E-state index in [-0.39, 0.29) is 0 Å². The summed E-state index contributed by atoms with van der Waals surface area (Å²) in [5.41, 5.74) is 1.42. The van der Waals surface area contributed by atoms with Crippen molar-refractivity contribution in [2.24, 2.45) is 5.92 Å². The molecule has 1 heterocycles. The van der Waals surface area contributed by atoms with Gasteiger partial charge in [0.15, 0.2) is 0 Å². The summed E-state index contributed by atoms with van der Waals surface area (Å²) in [5.74, 6) is 0.607. The fourth-order valence-corrected chi connectivity index (χ4v) is 0.887. The normalized spacial score (nSPS) is 9.69.